The molecule has 0 unspecified atom stereocenters. The summed E-state index contributed by atoms with van der Waals surface area (Å²) in [5, 5.41) is 4.26. The van der Waals surface area contributed by atoms with Gasteiger partial charge in [-0.15, -0.1) is 0 Å². The number of hydrogen-bond acceptors (Lipinski definition) is 0. The summed E-state index contributed by atoms with van der Waals surface area (Å²) in [4.78, 5) is 0. The molecule has 0 amide bonds. The van der Waals surface area contributed by atoms with Crippen LogP contribution >= 0.6 is 26.3 Å². The molecule has 0 spiro atoms. The van der Waals surface area contributed by atoms with E-state index >= 15 is 0 Å². The van der Waals surface area contributed by atoms with Crippen LogP contribution in [0, 0.1) is 0 Å². The molecule has 4 rings (SSSR count). The first-order valence-electron chi connectivity index (χ1n) is 9.15. The van der Waals surface area contributed by atoms with Crippen LogP contribution in [-0.2, 0) is 6.16 Å². The first kappa shape index (κ1) is 18.4. The van der Waals surface area contributed by atoms with Gasteiger partial charge in [0.25, 0.3) is 0 Å². The van der Waals surface area contributed by atoms with Crippen molar-refractivity contribution in [3.8, 4) is 0 Å². The van der Waals surface area contributed by atoms with Gasteiger partial charge in [0, 0.05) is 0 Å². The van der Waals surface area contributed by atoms with E-state index in [9.17, 15) is 0 Å². The van der Waals surface area contributed by atoms with E-state index in [2.05, 4.69) is 143 Å². The molecular weight excluding hydrogens is 458 g/mol. The van der Waals surface area contributed by atoms with Gasteiger partial charge in [0.05, 0.1) is 0 Å². The Kier molecular flexibility index (Phi) is 5.16. The maximum absolute atomic E-state index is 2.84. The molecule has 0 atom stereocenters. The van der Waals surface area contributed by atoms with Crippen LogP contribution in [-0.4, -0.2) is 0 Å². The molecule has 0 saturated heterocycles. The Balaban J connectivity index is 2.09. The van der Waals surface area contributed by atoms with Crippen LogP contribution in [0.1, 0.15) is 5.56 Å². The van der Waals surface area contributed by atoms with Crippen LogP contribution in [0.25, 0.3) is 0 Å². The molecule has 0 aliphatic rings. The minimum absolute atomic E-state index is 1.00. The summed E-state index contributed by atoms with van der Waals surface area (Å²) >= 11 is 2.84. The second kappa shape index (κ2) is 7.58. The van der Waals surface area contributed by atoms with Gasteiger partial charge < -0.3 is 0 Å². The molecule has 27 heavy (non-hydrogen) atoms. The standard InChI is InChI=1S/C25H22IP/c26-27(23-15-7-2-8-16-23,24-17-9-3-10-18-24,25-19-11-4-12-20-25)21-22-13-5-1-6-14-22/h1-20H,21H2. The van der Waals surface area contributed by atoms with Crippen LogP contribution in [0.5, 0.6) is 0 Å². The zero-order chi connectivity index (χ0) is 18.6. The van der Waals surface area contributed by atoms with E-state index in [-0.39, 0.29) is 0 Å². The van der Waals surface area contributed by atoms with E-state index in [1.165, 1.54) is 21.5 Å². The van der Waals surface area contributed by atoms with E-state index in [1.807, 2.05) is 0 Å². The van der Waals surface area contributed by atoms with Gasteiger partial charge in [-0.1, -0.05) is 0 Å². The van der Waals surface area contributed by atoms with Gasteiger partial charge in [-0.25, -0.2) is 0 Å². The first-order valence-corrected chi connectivity index (χ1v) is 14.4. The van der Waals surface area contributed by atoms with Crippen LogP contribution in [0.15, 0.2) is 121 Å². The van der Waals surface area contributed by atoms with Gasteiger partial charge in [0.1, 0.15) is 0 Å². The topological polar surface area (TPSA) is 0 Å². The SMILES string of the molecule is IP(Cc1ccccc1)(c1ccccc1)(c1ccccc1)c1ccccc1. The van der Waals surface area contributed by atoms with Crippen molar-refractivity contribution < 1.29 is 0 Å². The minimum atomic E-state index is -2.71. The molecule has 0 aliphatic heterocycles. The molecule has 2 heteroatoms. The van der Waals surface area contributed by atoms with Crippen molar-refractivity contribution in [2.24, 2.45) is 0 Å². The van der Waals surface area contributed by atoms with Gasteiger partial charge in [-0.05, 0) is 0 Å². The third kappa shape index (κ3) is 3.24. The first-order chi connectivity index (χ1) is 13.2. The summed E-state index contributed by atoms with van der Waals surface area (Å²) < 4.78 is -2.71. The number of hydrogen-bond donors (Lipinski definition) is 0. The number of benzene rings is 4. The van der Waals surface area contributed by atoms with E-state index < -0.39 is 4.25 Å². The van der Waals surface area contributed by atoms with Gasteiger partial charge in [-0.3, -0.25) is 0 Å². The average molecular weight is 480 g/mol. The molecule has 4 aromatic rings. The molecular formula is C25H22IP. The van der Waals surface area contributed by atoms with Crippen LogP contribution < -0.4 is 15.9 Å². The predicted molar refractivity (Wildman–Crippen MR) is 129 cm³/mol. The molecule has 0 saturated carbocycles. The van der Waals surface area contributed by atoms with Crippen molar-refractivity contribution in [2.45, 2.75) is 6.16 Å². The number of halogens is 1. The molecule has 0 fully saturated rings. The van der Waals surface area contributed by atoms with Gasteiger partial charge in [0.15, 0.2) is 0 Å². The molecule has 0 aliphatic carbocycles. The fraction of sp³-hybridized carbons (Fsp3) is 0.0400. The van der Waals surface area contributed by atoms with Gasteiger partial charge in [0.2, 0.25) is 0 Å². The van der Waals surface area contributed by atoms with Crippen molar-refractivity contribution in [1.29, 1.82) is 0 Å². The quantitative estimate of drug-likeness (QED) is 0.241. The molecule has 0 radical (unpaired) electrons. The third-order valence-corrected chi connectivity index (χ3v) is 16.3. The zero-order valence-electron chi connectivity index (χ0n) is 15.1. The fourth-order valence-corrected chi connectivity index (χ4v) is 12.7. The second-order valence-corrected chi connectivity index (χ2v) is 17.5. The molecule has 0 aromatic heterocycles. The van der Waals surface area contributed by atoms with Crippen LogP contribution in [0.4, 0.5) is 0 Å². The number of rotatable bonds is 5. The summed E-state index contributed by atoms with van der Waals surface area (Å²) in [5.74, 6) is 0. The summed E-state index contributed by atoms with van der Waals surface area (Å²) in [6.07, 6.45) is 1.00. The van der Waals surface area contributed by atoms with Gasteiger partial charge >= 0.3 is 175 Å². The molecule has 0 bridgehead atoms. The maximum atomic E-state index is 2.84. The predicted octanol–water partition coefficient (Wildman–Crippen LogP) is 6.07. The Morgan fingerprint density at radius 2 is 0.741 bits per heavy atom. The Labute approximate surface area is 174 Å². The third-order valence-electron chi connectivity index (χ3n) is 5.21. The molecule has 0 heterocycles. The van der Waals surface area contributed by atoms with Crippen LogP contribution in [0.2, 0.25) is 0 Å². The van der Waals surface area contributed by atoms with E-state index in [0.717, 1.165) is 6.16 Å². The normalized spacial score (nSPS) is 12.9. The summed E-state index contributed by atoms with van der Waals surface area (Å²) in [6, 6.07) is 44.2. The fourth-order valence-electron chi connectivity index (χ4n) is 3.86. The Morgan fingerprint density at radius 3 is 1.07 bits per heavy atom. The van der Waals surface area contributed by atoms with Crippen molar-refractivity contribution in [2.75, 3.05) is 0 Å². The van der Waals surface area contributed by atoms with Crippen molar-refractivity contribution in [1.82, 2.24) is 0 Å². The monoisotopic (exact) mass is 480 g/mol. The summed E-state index contributed by atoms with van der Waals surface area (Å²) in [7, 11) is 0. The molecule has 0 nitrogen and oxygen atoms in total. The second-order valence-electron chi connectivity index (χ2n) is 6.83. The van der Waals surface area contributed by atoms with Crippen LogP contribution in [0.3, 0.4) is 0 Å². The average Bonchev–Trinajstić information content (AvgIpc) is 2.76. The van der Waals surface area contributed by atoms with Crippen molar-refractivity contribution in [3.05, 3.63) is 127 Å². The molecule has 134 valence electrons. The Bertz CT molecular complexity index is 900. The van der Waals surface area contributed by atoms with E-state index in [0.29, 0.717) is 0 Å². The Hall–Kier alpha value is -1.96. The molecule has 4 aromatic carbocycles. The van der Waals surface area contributed by atoms with Gasteiger partial charge in [-0.2, -0.15) is 0 Å². The summed E-state index contributed by atoms with van der Waals surface area (Å²) in [6.45, 7) is 0. The van der Waals surface area contributed by atoms with Crippen molar-refractivity contribution in [3.63, 3.8) is 0 Å². The van der Waals surface area contributed by atoms with Crippen molar-refractivity contribution >= 4 is 42.2 Å². The van der Waals surface area contributed by atoms with E-state index in [1.54, 1.807) is 0 Å². The molecule has 0 N–H and O–H groups in total. The van der Waals surface area contributed by atoms with E-state index in [4.69, 9.17) is 0 Å². The Morgan fingerprint density at radius 1 is 0.444 bits per heavy atom. The summed E-state index contributed by atoms with van der Waals surface area (Å²) in [5.41, 5.74) is 1.38. The zero-order valence-corrected chi connectivity index (χ0v) is 18.1.